The number of ether oxygens (including phenoxy) is 1. The van der Waals surface area contributed by atoms with Gasteiger partial charge in [0.15, 0.2) is 0 Å². The second-order valence-electron chi connectivity index (χ2n) is 2.16. The summed E-state index contributed by atoms with van der Waals surface area (Å²) in [6.07, 6.45) is 0. The summed E-state index contributed by atoms with van der Waals surface area (Å²) in [5.41, 5.74) is 6.21. The molecule has 0 aliphatic heterocycles. The average molecular weight is 168 g/mol. The lowest BCUT2D eigenvalue weighted by atomic mass is 10.3. The lowest BCUT2D eigenvalue weighted by Gasteiger charge is -2.06. The van der Waals surface area contributed by atoms with Gasteiger partial charge in [-0.25, -0.2) is 0 Å². The van der Waals surface area contributed by atoms with Crippen molar-refractivity contribution in [3.05, 3.63) is 24.3 Å². The first kappa shape index (κ1) is 8.83. The average Bonchev–Trinajstić information content (AvgIpc) is 2.15. The fourth-order valence-corrected chi connectivity index (χ4v) is 0.811. The van der Waals surface area contributed by atoms with Crippen LogP contribution in [0.4, 0.5) is 5.69 Å². The molecule has 0 aromatic heterocycles. The summed E-state index contributed by atoms with van der Waals surface area (Å²) in [7, 11) is 3.16. The lowest BCUT2D eigenvalue weighted by Crippen LogP contribution is -2.19. The smallest absolute Gasteiger partial charge is 0.120 e. The Kier molecular flexibility index (Phi) is 3.37. The second-order valence-corrected chi connectivity index (χ2v) is 2.16. The largest absolute Gasteiger partial charge is 0.497 e. The second kappa shape index (κ2) is 4.58. The molecule has 0 saturated carbocycles. The Hall–Kier alpha value is -1.26. The predicted octanol–water partition coefficient (Wildman–Crippen LogP) is 1.17. The zero-order chi connectivity index (χ0) is 8.81. The fraction of sp³-hybridized carbons (Fsp3) is 0.250. The van der Waals surface area contributed by atoms with Crippen LogP contribution in [0.3, 0.4) is 0 Å². The molecular formula is C8H12N2O2. The van der Waals surface area contributed by atoms with Crippen LogP contribution in [0.25, 0.3) is 0 Å². The first-order valence-electron chi connectivity index (χ1n) is 3.55. The fourth-order valence-electron chi connectivity index (χ4n) is 0.811. The number of hydrogen-bond donors (Lipinski definition) is 2. The molecule has 1 aromatic rings. The van der Waals surface area contributed by atoms with Gasteiger partial charge in [0.05, 0.1) is 19.9 Å². The van der Waals surface area contributed by atoms with E-state index >= 15 is 0 Å². The molecule has 2 N–H and O–H groups in total. The molecule has 4 heteroatoms. The Morgan fingerprint density at radius 1 is 1.25 bits per heavy atom. The van der Waals surface area contributed by atoms with Crippen molar-refractivity contribution in [2.75, 3.05) is 19.6 Å². The van der Waals surface area contributed by atoms with Gasteiger partial charge >= 0.3 is 0 Å². The summed E-state index contributed by atoms with van der Waals surface area (Å²) < 4.78 is 5.03. The highest BCUT2D eigenvalue weighted by Crippen LogP contribution is 2.15. The van der Waals surface area contributed by atoms with Crippen molar-refractivity contribution in [1.82, 2.24) is 5.59 Å². The molecule has 66 valence electrons. The van der Waals surface area contributed by atoms with Crippen LogP contribution in [-0.2, 0) is 4.84 Å². The number of rotatable bonds is 4. The molecule has 1 rings (SSSR count). The Morgan fingerprint density at radius 2 is 2.08 bits per heavy atom. The van der Waals surface area contributed by atoms with Crippen molar-refractivity contribution >= 4 is 5.69 Å². The zero-order valence-electron chi connectivity index (χ0n) is 7.13. The van der Waals surface area contributed by atoms with Gasteiger partial charge in [-0.2, -0.15) is 0 Å². The minimum atomic E-state index is 0.804. The maximum atomic E-state index is 5.03. The molecule has 0 radical (unpaired) electrons. The quantitative estimate of drug-likeness (QED) is 0.662. The van der Waals surface area contributed by atoms with E-state index in [-0.39, 0.29) is 0 Å². The Balaban J connectivity index is 2.60. The number of hydrazine groups is 1. The molecule has 0 saturated heterocycles. The molecule has 1 aromatic carbocycles. The van der Waals surface area contributed by atoms with Crippen molar-refractivity contribution in [3.63, 3.8) is 0 Å². The molecule has 0 heterocycles. The van der Waals surface area contributed by atoms with Crippen molar-refractivity contribution < 1.29 is 9.57 Å². The van der Waals surface area contributed by atoms with Gasteiger partial charge in [-0.15, -0.1) is 5.59 Å². The molecule has 0 aliphatic carbocycles. The van der Waals surface area contributed by atoms with Crippen LogP contribution in [0.15, 0.2) is 24.3 Å². The molecule has 0 spiro atoms. The molecule has 0 bridgehead atoms. The monoisotopic (exact) mass is 168 g/mol. The third-order valence-electron chi connectivity index (χ3n) is 1.37. The van der Waals surface area contributed by atoms with Crippen LogP contribution >= 0.6 is 0 Å². The topological polar surface area (TPSA) is 42.5 Å². The van der Waals surface area contributed by atoms with E-state index in [1.54, 1.807) is 7.11 Å². The molecule has 4 nitrogen and oxygen atoms in total. The number of benzene rings is 1. The standard InChI is InChI=1S/C8H12N2O2/c1-11-8-5-3-4-7(6-8)9-10-12-2/h3-6,9-10H,1-2H3. The van der Waals surface area contributed by atoms with Gasteiger partial charge in [-0.1, -0.05) is 6.07 Å². The van der Waals surface area contributed by atoms with Crippen LogP contribution in [0, 0.1) is 0 Å². The van der Waals surface area contributed by atoms with Crippen LogP contribution in [-0.4, -0.2) is 14.2 Å². The minimum Gasteiger partial charge on any atom is -0.497 e. The van der Waals surface area contributed by atoms with Crippen LogP contribution in [0.5, 0.6) is 5.75 Å². The lowest BCUT2D eigenvalue weighted by molar-refractivity contribution is 0.111. The van der Waals surface area contributed by atoms with E-state index in [2.05, 4.69) is 15.9 Å². The van der Waals surface area contributed by atoms with Crippen molar-refractivity contribution in [3.8, 4) is 5.75 Å². The minimum absolute atomic E-state index is 0.804. The van der Waals surface area contributed by atoms with E-state index in [1.165, 1.54) is 7.11 Å². The molecule has 0 amide bonds. The maximum Gasteiger partial charge on any atom is 0.120 e. The molecule has 0 atom stereocenters. The van der Waals surface area contributed by atoms with Gasteiger partial charge in [-0.3, -0.25) is 10.3 Å². The summed E-state index contributed by atoms with van der Waals surface area (Å²) in [4.78, 5) is 4.62. The number of anilines is 1. The highest BCUT2D eigenvalue weighted by molar-refractivity contribution is 5.46. The third kappa shape index (κ3) is 2.41. The van der Waals surface area contributed by atoms with E-state index in [9.17, 15) is 0 Å². The summed E-state index contributed by atoms with van der Waals surface area (Å²) in [6, 6.07) is 7.51. The summed E-state index contributed by atoms with van der Waals surface area (Å²) in [6.45, 7) is 0. The molecule has 0 fully saturated rings. The normalized spacial score (nSPS) is 9.50. The van der Waals surface area contributed by atoms with Crippen LogP contribution < -0.4 is 15.8 Å². The zero-order valence-corrected chi connectivity index (χ0v) is 7.13. The SMILES string of the molecule is CONNc1cccc(OC)c1. The van der Waals surface area contributed by atoms with Crippen molar-refractivity contribution in [2.45, 2.75) is 0 Å². The summed E-state index contributed by atoms with van der Waals surface area (Å²) in [5.74, 6) is 0.804. The first-order chi connectivity index (χ1) is 5.86. The third-order valence-corrected chi connectivity index (χ3v) is 1.37. The van der Waals surface area contributed by atoms with Gasteiger partial charge in [0.1, 0.15) is 5.75 Å². The summed E-state index contributed by atoms with van der Waals surface area (Å²) in [5, 5.41) is 0. The van der Waals surface area contributed by atoms with Crippen molar-refractivity contribution in [2.24, 2.45) is 0 Å². The van der Waals surface area contributed by atoms with Crippen LogP contribution in [0.2, 0.25) is 0 Å². The van der Waals surface area contributed by atoms with Crippen LogP contribution in [0.1, 0.15) is 0 Å². The van der Waals surface area contributed by atoms with E-state index < -0.39 is 0 Å². The molecule has 0 unspecified atom stereocenters. The van der Waals surface area contributed by atoms with Gasteiger partial charge in [-0.05, 0) is 12.1 Å². The van der Waals surface area contributed by atoms with E-state index in [0.29, 0.717) is 0 Å². The van der Waals surface area contributed by atoms with Gasteiger partial charge in [0.25, 0.3) is 0 Å². The Labute approximate surface area is 71.4 Å². The highest BCUT2D eigenvalue weighted by atomic mass is 16.7. The Morgan fingerprint density at radius 3 is 2.75 bits per heavy atom. The van der Waals surface area contributed by atoms with Gasteiger partial charge in [0, 0.05) is 6.07 Å². The van der Waals surface area contributed by atoms with E-state index in [4.69, 9.17) is 4.74 Å². The number of hydrogen-bond acceptors (Lipinski definition) is 4. The number of methoxy groups -OCH3 is 1. The predicted molar refractivity (Wildman–Crippen MR) is 46.8 cm³/mol. The molecule has 12 heavy (non-hydrogen) atoms. The van der Waals surface area contributed by atoms with E-state index in [1.807, 2.05) is 24.3 Å². The maximum absolute atomic E-state index is 5.03. The Bertz CT molecular complexity index is 240. The molecular weight excluding hydrogens is 156 g/mol. The molecule has 0 aliphatic rings. The highest BCUT2D eigenvalue weighted by Gasteiger charge is 1.92. The number of nitrogens with one attached hydrogen (secondary N) is 2. The first-order valence-corrected chi connectivity index (χ1v) is 3.55. The van der Waals surface area contributed by atoms with Gasteiger partial charge < -0.3 is 4.74 Å². The van der Waals surface area contributed by atoms with Crippen molar-refractivity contribution in [1.29, 1.82) is 0 Å². The summed E-state index contributed by atoms with van der Waals surface area (Å²) >= 11 is 0. The van der Waals surface area contributed by atoms with Gasteiger partial charge in [0.2, 0.25) is 0 Å². The van der Waals surface area contributed by atoms with E-state index in [0.717, 1.165) is 11.4 Å².